The zero-order valence-corrected chi connectivity index (χ0v) is 12.5. The third kappa shape index (κ3) is 2.54. The number of methoxy groups -OCH3 is 1. The van der Waals surface area contributed by atoms with Gasteiger partial charge in [0.1, 0.15) is 11.9 Å². The van der Waals surface area contributed by atoms with E-state index in [-0.39, 0.29) is 6.10 Å². The number of nitrogen functional groups attached to an aromatic ring is 1. The molecule has 1 aromatic carbocycles. The lowest BCUT2D eigenvalue weighted by Crippen LogP contribution is -2.51. The number of likely N-dealkylation sites (tertiary alicyclic amines) is 1. The fraction of sp³-hybridized carbons (Fsp3) is 0.400. The van der Waals surface area contributed by atoms with Crippen LogP contribution in [0.2, 0.25) is 0 Å². The third-order valence-corrected chi connectivity index (χ3v) is 3.78. The normalized spacial score (nSPS) is 15.8. The molecule has 21 heavy (non-hydrogen) atoms. The molecule has 1 aliphatic rings. The molecule has 6 nitrogen and oxygen atoms in total. The van der Waals surface area contributed by atoms with Crippen LogP contribution in [0.1, 0.15) is 0 Å². The highest BCUT2D eigenvalue weighted by Crippen LogP contribution is 2.35. The smallest absolute Gasteiger partial charge is 0.162 e. The van der Waals surface area contributed by atoms with E-state index < -0.39 is 0 Å². The van der Waals surface area contributed by atoms with Crippen LogP contribution < -0.4 is 15.2 Å². The van der Waals surface area contributed by atoms with Gasteiger partial charge in [-0.15, -0.1) is 0 Å². The first kappa shape index (κ1) is 13.8. The summed E-state index contributed by atoms with van der Waals surface area (Å²) >= 11 is 0. The molecular formula is C15H20N4O2. The number of nitrogens with zero attached hydrogens (tertiary/aromatic N) is 3. The van der Waals surface area contributed by atoms with Gasteiger partial charge in [-0.1, -0.05) is 6.07 Å². The van der Waals surface area contributed by atoms with Crippen LogP contribution in [0, 0.1) is 0 Å². The second-order valence-corrected chi connectivity index (χ2v) is 5.39. The highest BCUT2D eigenvalue weighted by molar-refractivity contribution is 5.75. The summed E-state index contributed by atoms with van der Waals surface area (Å²) in [5, 5.41) is 4.18. The average Bonchev–Trinajstić information content (AvgIpc) is 2.77. The molecule has 0 saturated carbocycles. The van der Waals surface area contributed by atoms with Gasteiger partial charge in [0.15, 0.2) is 11.5 Å². The highest BCUT2D eigenvalue weighted by Gasteiger charge is 2.26. The van der Waals surface area contributed by atoms with Crippen molar-refractivity contribution in [2.45, 2.75) is 6.10 Å². The van der Waals surface area contributed by atoms with E-state index in [2.05, 4.69) is 17.0 Å². The van der Waals surface area contributed by atoms with Gasteiger partial charge in [-0.2, -0.15) is 5.10 Å². The molecule has 1 aliphatic heterocycles. The SMILES string of the molecule is COc1ccc(-c2cnn(C)c2N)cc1OC1CN(C)C1. The molecule has 1 aromatic heterocycles. The van der Waals surface area contributed by atoms with Gasteiger partial charge in [-0.25, -0.2) is 0 Å². The number of benzene rings is 1. The first-order chi connectivity index (χ1) is 10.1. The lowest BCUT2D eigenvalue weighted by molar-refractivity contribution is 0.0370. The number of hydrogen-bond acceptors (Lipinski definition) is 5. The fourth-order valence-corrected chi connectivity index (χ4v) is 2.50. The summed E-state index contributed by atoms with van der Waals surface area (Å²) in [6, 6.07) is 5.83. The van der Waals surface area contributed by atoms with E-state index in [1.807, 2.05) is 25.2 Å². The number of ether oxygens (including phenoxy) is 2. The van der Waals surface area contributed by atoms with E-state index in [1.165, 1.54) is 0 Å². The topological polar surface area (TPSA) is 65.5 Å². The molecule has 3 rings (SSSR count). The van der Waals surface area contributed by atoms with Crippen molar-refractivity contribution in [3.05, 3.63) is 24.4 Å². The van der Waals surface area contributed by atoms with Crippen LogP contribution in [0.5, 0.6) is 11.5 Å². The summed E-state index contributed by atoms with van der Waals surface area (Å²) in [6.45, 7) is 1.87. The van der Waals surface area contributed by atoms with Crippen LogP contribution in [0.15, 0.2) is 24.4 Å². The second-order valence-electron chi connectivity index (χ2n) is 5.39. The van der Waals surface area contributed by atoms with Gasteiger partial charge in [0.2, 0.25) is 0 Å². The fourth-order valence-electron chi connectivity index (χ4n) is 2.50. The Morgan fingerprint density at radius 2 is 2.00 bits per heavy atom. The van der Waals surface area contributed by atoms with Gasteiger partial charge in [0, 0.05) is 25.7 Å². The van der Waals surface area contributed by atoms with E-state index in [0.29, 0.717) is 5.82 Å². The maximum Gasteiger partial charge on any atom is 0.162 e. The Bertz CT molecular complexity index is 647. The Morgan fingerprint density at radius 1 is 1.24 bits per heavy atom. The van der Waals surface area contributed by atoms with Gasteiger partial charge in [-0.3, -0.25) is 9.58 Å². The number of nitrogens with two attached hydrogens (primary N) is 1. The van der Waals surface area contributed by atoms with Crippen molar-refractivity contribution in [3.63, 3.8) is 0 Å². The lowest BCUT2D eigenvalue weighted by Gasteiger charge is -2.36. The van der Waals surface area contributed by atoms with Crippen molar-refractivity contribution in [1.29, 1.82) is 0 Å². The molecule has 1 fully saturated rings. The van der Waals surface area contributed by atoms with Crippen molar-refractivity contribution < 1.29 is 9.47 Å². The Labute approximate surface area is 124 Å². The lowest BCUT2D eigenvalue weighted by atomic mass is 10.1. The van der Waals surface area contributed by atoms with Gasteiger partial charge >= 0.3 is 0 Å². The molecule has 0 aliphatic carbocycles. The van der Waals surface area contributed by atoms with Crippen LogP contribution in [-0.2, 0) is 7.05 Å². The molecule has 1 saturated heterocycles. The molecule has 0 amide bonds. The van der Waals surface area contributed by atoms with E-state index in [1.54, 1.807) is 18.0 Å². The summed E-state index contributed by atoms with van der Waals surface area (Å²) in [7, 11) is 5.54. The van der Waals surface area contributed by atoms with Crippen molar-refractivity contribution in [2.75, 3.05) is 33.0 Å². The Kier molecular flexibility index (Phi) is 3.47. The summed E-state index contributed by atoms with van der Waals surface area (Å²) < 4.78 is 13.0. The van der Waals surface area contributed by atoms with Crippen molar-refractivity contribution in [3.8, 4) is 22.6 Å². The molecule has 2 aromatic rings. The Balaban J connectivity index is 1.91. The van der Waals surface area contributed by atoms with Gasteiger partial charge < -0.3 is 15.2 Å². The van der Waals surface area contributed by atoms with Crippen LogP contribution in [0.3, 0.4) is 0 Å². The predicted octanol–water partition coefficient (Wildman–Crippen LogP) is 1.37. The van der Waals surface area contributed by atoms with E-state index >= 15 is 0 Å². The van der Waals surface area contributed by atoms with Gasteiger partial charge in [-0.05, 0) is 24.7 Å². The average molecular weight is 288 g/mol. The van der Waals surface area contributed by atoms with Crippen LogP contribution in [0.4, 0.5) is 5.82 Å². The molecule has 112 valence electrons. The minimum absolute atomic E-state index is 0.213. The quantitative estimate of drug-likeness (QED) is 0.920. The Morgan fingerprint density at radius 3 is 2.57 bits per heavy atom. The summed E-state index contributed by atoms with van der Waals surface area (Å²) in [5.41, 5.74) is 7.91. The minimum atomic E-state index is 0.213. The Hall–Kier alpha value is -2.21. The third-order valence-electron chi connectivity index (χ3n) is 3.78. The first-order valence-electron chi connectivity index (χ1n) is 6.89. The molecule has 0 radical (unpaired) electrons. The molecule has 0 bridgehead atoms. The number of hydrogen-bond donors (Lipinski definition) is 1. The maximum absolute atomic E-state index is 6.03. The van der Waals surface area contributed by atoms with Crippen LogP contribution in [-0.4, -0.2) is 48.0 Å². The molecule has 2 N–H and O–H groups in total. The van der Waals surface area contributed by atoms with E-state index in [9.17, 15) is 0 Å². The van der Waals surface area contributed by atoms with E-state index in [4.69, 9.17) is 15.2 Å². The number of rotatable bonds is 4. The molecule has 6 heteroatoms. The molecule has 0 spiro atoms. The van der Waals surface area contributed by atoms with Crippen molar-refractivity contribution in [1.82, 2.24) is 14.7 Å². The summed E-state index contributed by atoms with van der Waals surface area (Å²) in [5.74, 6) is 2.11. The zero-order chi connectivity index (χ0) is 15.0. The largest absolute Gasteiger partial charge is 0.493 e. The molecular weight excluding hydrogens is 268 g/mol. The number of anilines is 1. The predicted molar refractivity (Wildman–Crippen MR) is 81.5 cm³/mol. The highest BCUT2D eigenvalue weighted by atomic mass is 16.5. The number of likely N-dealkylation sites (N-methyl/N-ethyl adjacent to an activating group) is 1. The summed E-state index contributed by atoms with van der Waals surface area (Å²) in [4.78, 5) is 2.21. The van der Waals surface area contributed by atoms with Crippen molar-refractivity contribution in [2.24, 2.45) is 7.05 Å². The molecule has 2 heterocycles. The van der Waals surface area contributed by atoms with E-state index in [0.717, 1.165) is 35.7 Å². The molecule has 0 unspecified atom stereocenters. The van der Waals surface area contributed by atoms with Crippen molar-refractivity contribution >= 4 is 5.82 Å². The first-order valence-corrected chi connectivity index (χ1v) is 6.89. The van der Waals surface area contributed by atoms with Crippen LogP contribution in [0.25, 0.3) is 11.1 Å². The minimum Gasteiger partial charge on any atom is -0.493 e. The van der Waals surface area contributed by atoms with Gasteiger partial charge in [0.25, 0.3) is 0 Å². The second kappa shape index (κ2) is 5.29. The molecule has 0 atom stereocenters. The summed E-state index contributed by atoms with van der Waals surface area (Å²) in [6.07, 6.45) is 1.98. The van der Waals surface area contributed by atoms with Crippen LogP contribution >= 0.6 is 0 Å². The number of aryl methyl sites for hydroxylation is 1. The maximum atomic E-state index is 6.03. The monoisotopic (exact) mass is 288 g/mol. The standard InChI is InChI=1S/C15H20N4O2/c1-18-8-11(9-18)21-14-6-10(4-5-13(14)20-3)12-7-17-19(2)15(12)16/h4-7,11H,8-9,16H2,1-3H3. The zero-order valence-electron chi connectivity index (χ0n) is 12.5. The van der Waals surface area contributed by atoms with Gasteiger partial charge in [0.05, 0.1) is 13.3 Å². The number of aromatic nitrogens is 2.